The lowest BCUT2D eigenvalue weighted by Crippen LogP contribution is -2.54. The number of rotatable bonds is 8. The first kappa shape index (κ1) is 25.0. The van der Waals surface area contributed by atoms with Crippen molar-refractivity contribution >= 4 is 16.1 Å². The average molecular weight is 526 g/mol. The maximum atomic E-state index is 15.6. The van der Waals surface area contributed by atoms with E-state index in [4.69, 9.17) is 0 Å². The third-order valence-corrected chi connectivity index (χ3v) is 8.75. The van der Waals surface area contributed by atoms with Gasteiger partial charge in [0.15, 0.2) is 0 Å². The van der Waals surface area contributed by atoms with E-state index < -0.39 is 51.3 Å². The molecular formula is C25H27F4N3O3S. The van der Waals surface area contributed by atoms with E-state index in [9.17, 15) is 26.4 Å². The fourth-order valence-corrected chi connectivity index (χ4v) is 6.04. The highest BCUT2D eigenvalue weighted by molar-refractivity contribution is 7.89. The first-order chi connectivity index (χ1) is 17.0. The number of likely N-dealkylation sites (tertiary alicyclic amines) is 1. The van der Waals surface area contributed by atoms with Crippen molar-refractivity contribution in [3.8, 4) is 11.1 Å². The molecule has 194 valence electrons. The Hall–Kier alpha value is -2.66. The summed E-state index contributed by atoms with van der Waals surface area (Å²) in [6.45, 7) is 1.37. The molecule has 6 nitrogen and oxygen atoms in total. The molecule has 0 aromatic heterocycles. The highest BCUT2D eigenvalue weighted by atomic mass is 32.2. The lowest BCUT2D eigenvalue weighted by molar-refractivity contribution is 0.170. The summed E-state index contributed by atoms with van der Waals surface area (Å²) in [6, 6.07) is 5.08. The van der Waals surface area contributed by atoms with Crippen LogP contribution in [-0.2, 0) is 16.4 Å². The Labute approximate surface area is 207 Å². The van der Waals surface area contributed by atoms with Crippen LogP contribution < -0.4 is 10.0 Å². The predicted molar refractivity (Wildman–Crippen MR) is 126 cm³/mol. The maximum Gasteiger partial charge on any atom is 0.318 e. The molecule has 0 unspecified atom stereocenters. The van der Waals surface area contributed by atoms with E-state index >= 15 is 4.39 Å². The number of amides is 2. The van der Waals surface area contributed by atoms with Gasteiger partial charge in [-0.1, -0.05) is 18.2 Å². The lowest BCUT2D eigenvalue weighted by Gasteiger charge is -2.32. The van der Waals surface area contributed by atoms with Gasteiger partial charge in [-0.15, -0.1) is 0 Å². The van der Waals surface area contributed by atoms with Crippen LogP contribution in [0.5, 0.6) is 0 Å². The Balaban J connectivity index is 1.45. The van der Waals surface area contributed by atoms with Crippen LogP contribution in [0.15, 0.2) is 36.4 Å². The normalized spacial score (nSPS) is 26.0. The molecule has 0 bridgehead atoms. The summed E-state index contributed by atoms with van der Waals surface area (Å²) in [5, 5.41) is 2.62. The second-order valence-corrected chi connectivity index (χ2v) is 12.0. The number of fused-ring (bicyclic) bond motifs is 1. The number of halogens is 4. The molecule has 1 saturated heterocycles. The van der Waals surface area contributed by atoms with Gasteiger partial charge < -0.3 is 10.2 Å². The third-order valence-electron chi connectivity index (χ3n) is 7.36. The molecule has 0 spiro atoms. The fourth-order valence-electron chi connectivity index (χ4n) is 5.13. The third kappa shape index (κ3) is 4.95. The molecule has 2 aliphatic carbocycles. The summed E-state index contributed by atoms with van der Waals surface area (Å²) in [7, 11) is -3.63. The zero-order valence-electron chi connectivity index (χ0n) is 19.6. The molecule has 11 heteroatoms. The summed E-state index contributed by atoms with van der Waals surface area (Å²) < 4.78 is 84.7. The van der Waals surface area contributed by atoms with E-state index in [1.807, 2.05) is 0 Å². The van der Waals surface area contributed by atoms with Crippen molar-refractivity contribution in [2.24, 2.45) is 5.92 Å². The Morgan fingerprint density at radius 3 is 2.47 bits per heavy atom. The van der Waals surface area contributed by atoms with Gasteiger partial charge in [-0.2, -0.15) is 0 Å². The molecule has 5 rings (SSSR count). The van der Waals surface area contributed by atoms with Crippen molar-refractivity contribution in [1.82, 2.24) is 14.9 Å². The Bertz CT molecular complexity index is 1280. The van der Waals surface area contributed by atoms with Crippen LogP contribution in [0.3, 0.4) is 0 Å². The van der Waals surface area contributed by atoms with Crippen LogP contribution in [0.1, 0.15) is 31.7 Å². The Morgan fingerprint density at radius 2 is 1.83 bits per heavy atom. The summed E-state index contributed by atoms with van der Waals surface area (Å²) in [6.07, 6.45) is 1.31. The van der Waals surface area contributed by atoms with E-state index in [0.29, 0.717) is 25.3 Å². The Morgan fingerprint density at radius 1 is 1.14 bits per heavy atom. The van der Waals surface area contributed by atoms with Crippen LogP contribution in [0, 0.1) is 23.4 Å². The molecule has 2 aromatic carbocycles. The van der Waals surface area contributed by atoms with Gasteiger partial charge in [-0.05, 0) is 61.8 Å². The van der Waals surface area contributed by atoms with Crippen LogP contribution in [-0.4, -0.2) is 55.4 Å². The largest absolute Gasteiger partial charge is 0.335 e. The minimum absolute atomic E-state index is 0.0103. The molecule has 36 heavy (non-hydrogen) atoms. The average Bonchev–Trinajstić information content (AvgIpc) is 3.73. The summed E-state index contributed by atoms with van der Waals surface area (Å²) >= 11 is 0. The second-order valence-electron chi connectivity index (χ2n) is 9.94. The van der Waals surface area contributed by atoms with Crippen molar-refractivity contribution in [2.45, 2.75) is 56.4 Å². The van der Waals surface area contributed by atoms with Crippen LogP contribution in [0.2, 0.25) is 0 Å². The van der Waals surface area contributed by atoms with Crippen molar-refractivity contribution in [3.05, 3.63) is 59.4 Å². The van der Waals surface area contributed by atoms with Crippen molar-refractivity contribution in [1.29, 1.82) is 0 Å². The van der Waals surface area contributed by atoms with E-state index in [1.54, 1.807) is 6.07 Å². The van der Waals surface area contributed by atoms with Crippen molar-refractivity contribution in [3.63, 3.8) is 0 Å². The molecule has 1 aliphatic heterocycles. The SMILES string of the molecule is CCS(=O)(=O)N[C@H]1[C@@H]2C[C@@H]2N(C(=O)NCC2(F)CC2)[C@H]1Cc1cccc(-c2cc(F)cc(F)c2)c1F. The molecule has 2 N–H and O–H groups in total. The zero-order valence-corrected chi connectivity index (χ0v) is 20.4. The number of nitrogens with one attached hydrogen (secondary N) is 2. The molecule has 2 aromatic rings. The summed E-state index contributed by atoms with van der Waals surface area (Å²) in [5.74, 6) is -2.68. The monoisotopic (exact) mass is 525 g/mol. The van der Waals surface area contributed by atoms with Crippen LogP contribution in [0.25, 0.3) is 11.1 Å². The number of alkyl halides is 1. The van der Waals surface area contributed by atoms with Gasteiger partial charge in [-0.3, -0.25) is 0 Å². The minimum atomic E-state index is -3.63. The van der Waals surface area contributed by atoms with Gasteiger partial charge >= 0.3 is 6.03 Å². The maximum absolute atomic E-state index is 15.6. The number of benzene rings is 2. The number of carbonyl (C=O) groups is 1. The fraction of sp³-hybridized carbons (Fsp3) is 0.480. The Kier molecular flexibility index (Phi) is 6.27. The molecule has 3 aliphatic rings. The number of piperidine rings is 1. The van der Waals surface area contributed by atoms with Crippen molar-refractivity contribution in [2.75, 3.05) is 12.3 Å². The highest BCUT2D eigenvalue weighted by Crippen LogP contribution is 2.49. The zero-order chi connectivity index (χ0) is 25.8. The minimum Gasteiger partial charge on any atom is -0.335 e. The smallest absolute Gasteiger partial charge is 0.318 e. The van der Waals surface area contributed by atoms with E-state index in [2.05, 4.69) is 10.0 Å². The number of hydrogen-bond acceptors (Lipinski definition) is 3. The van der Waals surface area contributed by atoms with Crippen LogP contribution >= 0.6 is 0 Å². The molecule has 2 amide bonds. The predicted octanol–water partition coefficient (Wildman–Crippen LogP) is 3.91. The number of carbonyl (C=O) groups excluding carboxylic acids is 1. The second kappa shape index (κ2) is 9.02. The van der Waals surface area contributed by atoms with Crippen molar-refractivity contribution < 1.29 is 30.8 Å². The van der Waals surface area contributed by atoms with E-state index in [-0.39, 0.29) is 47.4 Å². The van der Waals surface area contributed by atoms with Gasteiger partial charge in [0, 0.05) is 23.7 Å². The molecule has 4 atom stereocenters. The molecule has 2 saturated carbocycles. The van der Waals surface area contributed by atoms with E-state index in [0.717, 1.165) is 12.1 Å². The van der Waals surface area contributed by atoms with Gasteiger partial charge in [0.25, 0.3) is 0 Å². The molecule has 3 fully saturated rings. The van der Waals surface area contributed by atoms with Gasteiger partial charge in [0.05, 0.1) is 18.3 Å². The topological polar surface area (TPSA) is 78.5 Å². The summed E-state index contributed by atoms with van der Waals surface area (Å²) in [5.41, 5.74) is -1.22. The first-order valence-corrected chi connectivity index (χ1v) is 13.6. The molecule has 0 radical (unpaired) electrons. The highest BCUT2D eigenvalue weighted by Gasteiger charge is 2.61. The number of hydrogen-bond donors (Lipinski definition) is 2. The number of urea groups is 1. The van der Waals surface area contributed by atoms with Gasteiger partial charge in [0.1, 0.15) is 23.1 Å². The van der Waals surface area contributed by atoms with Gasteiger partial charge in [-0.25, -0.2) is 35.5 Å². The van der Waals surface area contributed by atoms with E-state index in [1.165, 1.54) is 24.0 Å². The van der Waals surface area contributed by atoms with Crippen LogP contribution in [0.4, 0.5) is 22.4 Å². The number of sulfonamides is 1. The van der Waals surface area contributed by atoms with Gasteiger partial charge in [0.2, 0.25) is 10.0 Å². The standard InChI is InChI=1S/C25H27F4N3O3S/c1-2-36(34,35)31-23-19-12-20(19)32(24(33)30-13-25(29)6-7-25)21(23)10-14-4-3-5-18(22(14)28)15-8-16(26)11-17(27)9-15/h3-5,8-9,11,19-21,23,31H,2,6-7,10,12-13H2,1H3,(H,30,33)/t19-,20+,21+,23+/m1/s1. The molecule has 1 heterocycles. The quantitative estimate of drug-likeness (QED) is 0.513. The first-order valence-electron chi connectivity index (χ1n) is 12.0. The summed E-state index contributed by atoms with van der Waals surface area (Å²) in [4.78, 5) is 14.6. The lowest BCUT2D eigenvalue weighted by atomic mass is 9.94. The number of nitrogens with zero attached hydrogens (tertiary/aromatic N) is 1. The molecular weight excluding hydrogens is 498 g/mol.